The van der Waals surface area contributed by atoms with Gasteiger partial charge in [-0.3, -0.25) is 4.68 Å². The van der Waals surface area contributed by atoms with Crippen molar-refractivity contribution in [3.8, 4) is 0 Å². The van der Waals surface area contributed by atoms with Gasteiger partial charge in [-0.25, -0.2) is 0 Å². The molecule has 0 unspecified atom stereocenters. The SMILES string of the molecule is CC(C)n1ccc(CNCCCCCBr)n1. The Balaban J connectivity index is 2.12. The zero-order valence-corrected chi connectivity index (χ0v) is 11.8. The topological polar surface area (TPSA) is 29.9 Å². The Morgan fingerprint density at radius 2 is 2.19 bits per heavy atom. The van der Waals surface area contributed by atoms with E-state index in [4.69, 9.17) is 0 Å². The highest BCUT2D eigenvalue weighted by Crippen LogP contribution is 2.04. The van der Waals surface area contributed by atoms with Gasteiger partial charge in [0.15, 0.2) is 0 Å². The summed E-state index contributed by atoms with van der Waals surface area (Å²) >= 11 is 3.44. The van der Waals surface area contributed by atoms with Crippen LogP contribution in [-0.2, 0) is 6.54 Å². The van der Waals surface area contributed by atoms with E-state index in [2.05, 4.69) is 46.3 Å². The van der Waals surface area contributed by atoms with Gasteiger partial charge < -0.3 is 5.32 Å². The molecule has 3 nitrogen and oxygen atoms in total. The summed E-state index contributed by atoms with van der Waals surface area (Å²) in [5.41, 5.74) is 1.13. The van der Waals surface area contributed by atoms with Crippen LogP contribution in [0, 0.1) is 0 Å². The summed E-state index contributed by atoms with van der Waals surface area (Å²) < 4.78 is 2.00. The van der Waals surface area contributed by atoms with E-state index in [0.717, 1.165) is 24.1 Å². The van der Waals surface area contributed by atoms with Crippen molar-refractivity contribution in [1.82, 2.24) is 15.1 Å². The lowest BCUT2D eigenvalue weighted by molar-refractivity contribution is 0.520. The number of hydrogen-bond acceptors (Lipinski definition) is 2. The summed E-state index contributed by atoms with van der Waals surface area (Å²) in [7, 11) is 0. The Kier molecular flexibility index (Phi) is 6.73. The molecule has 1 rings (SSSR count). The van der Waals surface area contributed by atoms with Crippen molar-refractivity contribution in [2.45, 2.75) is 45.7 Å². The highest BCUT2D eigenvalue weighted by Gasteiger charge is 2.00. The van der Waals surface area contributed by atoms with E-state index in [-0.39, 0.29) is 0 Å². The first-order valence-electron chi connectivity index (χ1n) is 6.04. The fourth-order valence-corrected chi connectivity index (χ4v) is 1.89. The van der Waals surface area contributed by atoms with Crippen molar-refractivity contribution in [3.05, 3.63) is 18.0 Å². The van der Waals surface area contributed by atoms with E-state index in [1.807, 2.05) is 10.9 Å². The molecular formula is C12H22BrN3. The van der Waals surface area contributed by atoms with Crippen LogP contribution in [0.4, 0.5) is 0 Å². The molecule has 16 heavy (non-hydrogen) atoms. The molecule has 0 saturated heterocycles. The van der Waals surface area contributed by atoms with Gasteiger partial charge in [0.2, 0.25) is 0 Å². The maximum absolute atomic E-state index is 4.49. The first-order chi connectivity index (χ1) is 7.74. The molecule has 1 N–H and O–H groups in total. The number of unbranched alkanes of at least 4 members (excludes halogenated alkanes) is 2. The first-order valence-corrected chi connectivity index (χ1v) is 7.17. The van der Waals surface area contributed by atoms with E-state index in [0.29, 0.717) is 6.04 Å². The standard InChI is InChI=1S/C12H22BrN3/c1-11(2)16-9-6-12(15-16)10-14-8-5-3-4-7-13/h6,9,11,14H,3-5,7-8,10H2,1-2H3. The summed E-state index contributed by atoms with van der Waals surface area (Å²) in [6, 6.07) is 2.54. The molecule has 1 aromatic rings. The van der Waals surface area contributed by atoms with E-state index < -0.39 is 0 Å². The van der Waals surface area contributed by atoms with Gasteiger partial charge in [0, 0.05) is 24.1 Å². The normalized spacial score (nSPS) is 11.2. The molecule has 0 aliphatic heterocycles. The van der Waals surface area contributed by atoms with Crippen molar-refractivity contribution in [3.63, 3.8) is 0 Å². The molecule has 0 radical (unpaired) electrons. The molecule has 4 heteroatoms. The van der Waals surface area contributed by atoms with Gasteiger partial charge in [-0.2, -0.15) is 5.10 Å². The van der Waals surface area contributed by atoms with Gasteiger partial charge in [-0.15, -0.1) is 0 Å². The summed E-state index contributed by atoms with van der Waals surface area (Å²) in [4.78, 5) is 0. The quantitative estimate of drug-likeness (QED) is 0.588. The van der Waals surface area contributed by atoms with Crippen molar-refractivity contribution in [1.29, 1.82) is 0 Å². The van der Waals surface area contributed by atoms with Crippen LogP contribution in [0.5, 0.6) is 0 Å². The highest BCUT2D eigenvalue weighted by atomic mass is 79.9. The molecule has 92 valence electrons. The third-order valence-corrected chi connectivity index (χ3v) is 3.05. The Morgan fingerprint density at radius 3 is 2.81 bits per heavy atom. The number of alkyl halides is 1. The first kappa shape index (κ1) is 13.7. The second kappa shape index (κ2) is 7.85. The van der Waals surface area contributed by atoms with Gasteiger partial charge in [0.25, 0.3) is 0 Å². The fraction of sp³-hybridized carbons (Fsp3) is 0.750. The molecule has 0 aromatic carbocycles. The van der Waals surface area contributed by atoms with Crippen LogP contribution in [0.25, 0.3) is 0 Å². The zero-order valence-electron chi connectivity index (χ0n) is 10.2. The van der Waals surface area contributed by atoms with Gasteiger partial charge in [0.1, 0.15) is 0 Å². The Hall–Kier alpha value is -0.350. The van der Waals surface area contributed by atoms with Crippen LogP contribution in [0.2, 0.25) is 0 Å². The molecular weight excluding hydrogens is 266 g/mol. The van der Waals surface area contributed by atoms with E-state index in [9.17, 15) is 0 Å². The average Bonchev–Trinajstić information content (AvgIpc) is 2.72. The molecule has 0 bridgehead atoms. The monoisotopic (exact) mass is 287 g/mol. The van der Waals surface area contributed by atoms with Crippen molar-refractivity contribution in [2.24, 2.45) is 0 Å². The molecule has 1 heterocycles. The lowest BCUT2D eigenvalue weighted by atomic mass is 10.2. The predicted molar refractivity (Wildman–Crippen MR) is 72.0 cm³/mol. The third-order valence-electron chi connectivity index (χ3n) is 2.49. The number of rotatable bonds is 8. The van der Waals surface area contributed by atoms with Crippen molar-refractivity contribution < 1.29 is 0 Å². The van der Waals surface area contributed by atoms with E-state index in [1.165, 1.54) is 19.3 Å². The maximum atomic E-state index is 4.49. The fourth-order valence-electron chi connectivity index (χ4n) is 1.50. The van der Waals surface area contributed by atoms with Crippen LogP contribution >= 0.6 is 15.9 Å². The third kappa shape index (κ3) is 5.12. The van der Waals surface area contributed by atoms with Gasteiger partial charge >= 0.3 is 0 Å². The van der Waals surface area contributed by atoms with Crippen LogP contribution in [0.15, 0.2) is 12.3 Å². The smallest absolute Gasteiger partial charge is 0.0762 e. The second-order valence-corrected chi connectivity index (χ2v) is 5.10. The minimum atomic E-state index is 0.452. The molecule has 0 aliphatic carbocycles. The second-order valence-electron chi connectivity index (χ2n) is 4.31. The molecule has 0 amide bonds. The molecule has 0 atom stereocenters. The Labute approximate surface area is 107 Å². The summed E-state index contributed by atoms with van der Waals surface area (Å²) in [6.45, 7) is 6.25. The molecule has 0 aliphatic rings. The largest absolute Gasteiger partial charge is 0.311 e. The number of halogens is 1. The average molecular weight is 288 g/mol. The lowest BCUT2D eigenvalue weighted by Crippen LogP contribution is -2.15. The van der Waals surface area contributed by atoms with Crippen LogP contribution in [0.1, 0.15) is 44.8 Å². The van der Waals surface area contributed by atoms with Gasteiger partial charge in [-0.05, 0) is 39.3 Å². The minimum absolute atomic E-state index is 0.452. The number of hydrogen-bond donors (Lipinski definition) is 1. The molecule has 1 aromatic heterocycles. The summed E-state index contributed by atoms with van der Waals surface area (Å²) in [6.07, 6.45) is 5.85. The van der Waals surface area contributed by atoms with E-state index in [1.54, 1.807) is 0 Å². The highest BCUT2D eigenvalue weighted by molar-refractivity contribution is 9.09. The number of aromatic nitrogens is 2. The predicted octanol–water partition coefficient (Wildman–Crippen LogP) is 3.12. The lowest BCUT2D eigenvalue weighted by Gasteiger charge is -2.04. The Bertz CT molecular complexity index is 284. The molecule has 0 spiro atoms. The number of nitrogens with zero attached hydrogens (tertiary/aromatic N) is 2. The molecule has 0 saturated carbocycles. The van der Waals surface area contributed by atoms with Gasteiger partial charge in [-0.1, -0.05) is 22.4 Å². The van der Waals surface area contributed by atoms with E-state index >= 15 is 0 Å². The Morgan fingerprint density at radius 1 is 1.38 bits per heavy atom. The van der Waals surface area contributed by atoms with Crippen LogP contribution in [0.3, 0.4) is 0 Å². The van der Waals surface area contributed by atoms with Crippen molar-refractivity contribution in [2.75, 3.05) is 11.9 Å². The van der Waals surface area contributed by atoms with Crippen LogP contribution in [-0.4, -0.2) is 21.7 Å². The minimum Gasteiger partial charge on any atom is -0.311 e. The van der Waals surface area contributed by atoms with Gasteiger partial charge in [0.05, 0.1) is 5.69 Å². The zero-order chi connectivity index (χ0) is 11.8. The molecule has 0 fully saturated rings. The summed E-state index contributed by atoms with van der Waals surface area (Å²) in [5, 5.41) is 9.03. The van der Waals surface area contributed by atoms with Crippen LogP contribution < -0.4 is 5.32 Å². The number of nitrogens with one attached hydrogen (secondary N) is 1. The summed E-state index contributed by atoms with van der Waals surface area (Å²) in [5.74, 6) is 0. The maximum Gasteiger partial charge on any atom is 0.0762 e. The van der Waals surface area contributed by atoms with Crippen molar-refractivity contribution >= 4 is 15.9 Å².